The van der Waals surface area contributed by atoms with Crippen LogP contribution >= 0.6 is 0 Å². The number of benzene rings is 1. The predicted octanol–water partition coefficient (Wildman–Crippen LogP) is 4.09. The summed E-state index contributed by atoms with van der Waals surface area (Å²) < 4.78 is 25.7. The minimum absolute atomic E-state index is 0.217. The van der Waals surface area contributed by atoms with Gasteiger partial charge in [-0.05, 0) is 36.4 Å². The van der Waals surface area contributed by atoms with Gasteiger partial charge in [0.05, 0.1) is 0 Å². The molecule has 100 valence electrons. The molecule has 1 nitrogen and oxygen atoms in total. The van der Waals surface area contributed by atoms with Crippen LogP contribution < -0.4 is 4.57 Å². The second-order valence-electron chi connectivity index (χ2n) is 6.16. The lowest BCUT2D eigenvalue weighted by molar-refractivity contribution is -0.661. The van der Waals surface area contributed by atoms with Crippen LogP contribution in [0.4, 0.5) is 0 Å². The fraction of sp³-hybridized carbons (Fsp3) is 0.389. The van der Waals surface area contributed by atoms with Gasteiger partial charge in [0.2, 0.25) is 5.69 Å². The smallest absolute Gasteiger partial charge is 0.201 e. The molecule has 0 saturated carbocycles. The summed E-state index contributed by atoms with van der Waals surface area (Å²) in [6, 6.07) is 9.88. The molecule has 0 aliphatic carbocycles. The normalized spacial score (nSPS) is 14.7. The van der Waals surface area contributed by atoms with E-state index in [0.717, 1.165) is 22.4 Å². The second-order valence-corrected chi connectivity index (χ2v) is 6.16. The van der Waals surface area contributed by atoms with Crippen molar-refractivity contribution in [2.45, 2.75) is 40.0 Å². The Balaban J connectivity index is 2.77. The van der Waals surface area contributed by atoms with Gasteiger partial charge in [-0.15, -0.1) is 0 Å². The van der Waals surface area contributed by atoms with Crippen molar-refractivity contribution in [2.75, 3.05) is 0 Å². The molecular formula is C18H24N+. The predicted molar refractivity (Wildman–Crippen MR) is 81.2 cm³/mol. The second kappa shape index (κ2) is 4.80. The van der Waals surface area contributed by atoms with E-state index in [2.05, 4.69) is 0 Å². The number of aromatic nitrogens is 1. The summed E-state index contributed by atoms with van der Waals surface area (Å²) in [6.07, 6.45) is 1.96. The van der Waals surface area contributed by atoms with Crippen molar-refractivity contribution >= 4 is 0 Å². The molecule has 0 aliphatic rings. The van der Waals surface area contributed by atoms with Crippen molar-refractivity contribution < 1.29 is 8.68 Å². The molecule has 0 radical (unpaired) electrons. The average molecular weight is 257 g/mol. The summed E-state index contributed by atoms with van der Waals surface area (Å²) in [7, 11) is 1.97. The maximum atomic E-state index is 7.90. The molecule has 0 amide bonds. The molecule has 0 aliphatic heterocycles. The van der Waals surface area contributed by atoms with E-state index in [-0.39, 0.29) is 5.41 Å². The zero-order chi connectivity index (χ0) is 16.7. The van der Waals surface area contributed by atoms with E-state index < -0.39 is 6.85 Å². The first-order valence-electron chi connectivity index (χ1n) is 8.12. The molecule has 1 aromatic carbocycles. The van der Waals surface area contributed by atoms with Crippen molar-refractivity contribution in [3.63, 3.8) is 0 Å². The first-order chi connectivity index (χ1) is 10.0. The number of hydrogen-bond acceptors (Lipinski definition) is 0. The number of aryl methyl sites for hydroxylation is 3. The van der Waals surface area contributed by atoms with Gasteiger partial charge in [-0.25, -0.2) is 4.57 Å². The molecular weight excluding hydrogens is 230 g/mol. The molecule has 0 fully saturated rings. The molecule has 0 N–H and O–H groups in total. The monoisotopic (exact) mass is 257 g/mol. The van der Waals surface area contributed by atoms with E-state index >= 15 is 0 Å². The zero-order valence-electron chi connectivity index (χ0n) is 15.4. The van der Waals surface area contributed by atoms with E-state index in [9.17, 15) is 0 Å². The Morgan fingerprint density at radius 3 is 2.37 bits per heavy atom. The maximum absolute atomic E-state index is 7.90. The molecule has 2 aromatic rings. The molecule has 0 spiro atoms. The van der Waals surface area contributed by atoms with Crippen LogP contribution in [-0.4, -0.2) is 0 Å². The Bertz CT molecular complexity index is 694. The molecule has 19 heavy (non-hydrogen) atoms. The molecule has 0 atom stereocenters. The van der Waals surface area contributed by atoms with Crippen LogP contribution in [0.5, 0.6) is 0 Å². The quantitative estimate of drug-likeness (QED) is 0.677. The lowest BCUT2D eigenvalue weighted by Crippen LogP contribution is -2.34. The van der Waals surface area contributed by atoms with Crippen LogP contribution in [0.2, 0.25) is 0 Å². The van der Waals surface area contributed by atoms with E-state index in [4.69, 9.17) is 4.11 Å². The van der Waals surface area contributed by atoms with E-state index in [0.29, 0.717) is 5.56 Å². The van der Waals surface area contributed by atoms with Gasteiger partial charge in [-0.2, -0.15) is 0 Å². The highest BCUT2D eigenvalue weighted by Gasteiger charge is 2.22. The Morgan fingerprint density at radius 2 is 1.79 bits per heavy atom. The summed E-state index contributed by atoms with van der Waals surface area (Å²) in [5, 5.41) is 0. The van der Waals surface area contributed by atoms with Crippen LogP contribution in [0.25, 0.3) is 11.3 Å². The van der Waals surface area contributed by atoms with Crippen molar-refractivity contribution in [3.8, 4) is 11.3 Å². The zero-order valence-corrected chi connectivity index (χ0v) is 12.4. The summed E-state index contributed by atoms with van der Waals surface area (Å²) in [5.41, 5.74) is 4.22. The van der Waals surface area contributed by atoms with E-state index in [1.807, 2.05) is 75.8 Å². The molecule has 1 heteroatoms. The molecule has 0 bridgehead atoms. The molecule has 2 rings (SSSR count). The summed E-state index contributed by atoms with van der Waals surface area (Å²) in [6.45, 7) is 6.07. The maximum Gasteiger partial charge on any atom is 0.212 e. The fourth-order valence-electron chi connectivity index (χ4n) is 2.37. The number of hydrogen-bond donors (Lipinski definition) is 0. The van der Waals surface area contributed by atoms with Crippen LogP contribution in [0, 0.1) is 13.8 Å². The minimum atomic E-state index is -2.12. The van der Waals surface area contributed by atoms with Crippen LogP contribution in [0.1, 0.15) is 41.6 Å². The topological polar surface area (TPSA) is 3.88 Å². The van der Waals surface area contributed by atoms with Gasteiger partial charge in [0.25, 0.3) is 0 Å². The van der Waals surface area contributed by atoms with Crippen LogP contribution in [0.3, 0.4) is 0 Å². The highest BCUT2D eigenvalue weighted by Crippen LogP contribution is 2.27. The van der Waals surface area contributed by atoms with Crippen molar-refractivity contribution in [2.24, 2.45) is 7.05 Å². The SMILES string of the molecule is [2H]C([2H])([2H])c1cc(-c2ccccc2C)[n+](C)cc1C(C)(C)C. The number of pyridine rings is 1. The lowest BCUT2D eigenvalue weighted by Gasteiger charge is -2.20. The largest absolute Gasteiger partial charge is 0.212 e. The van der Waals surface area contributed by atoms with Gasteiger partial charge in [0.15, 0.2) is 6.20 Å². The number of rotatable bonds is 1. The minimum Gasteiger partial charge on any atom is -0.201 e. The first-order valence-corrected chi connectivity index (χ1v) is 6.62. The van der Waals surface area contributed by atoms with Gasteiger partial charge >= 0.3 is 0 Å². The highest BCUT2D eigenvalue weighted by molar-refractivity contribution is 5.61. The third-order valence-electron chi connectivity index (χ3n) is 3.50. The van der Waals surface area contributed by atoms with E-state index in [1.165, 1.54) is 0 Å². The Labute approximate surface area is 121 Å². The highest BCUT2D eigenvalue weighted by atomic mass is 14.9. The molecule has 0 saturated heterocycles. The van der Waals surface area contributed by atoms with Crippen LogP contribution in [0.15, 0.2) is 36.5 Å². The van der Waals surface area contributed by atoms with Gasteiger partial charge < -0.3 is 0 Å². The summed E-state index contributed by atoms with van der Waals surface area (Å²) >= 11 is 0. The molecule has 1 aromatic heterocycles. The lowest BCUT2D eigenvalue weighted by atomic mass is 9.84. The Hall–Kier alpha value is -1.63. The van der Waals surface area contributed by atoms with Gasteiger partial charge in [0, 0.05) is 21.3 Å². The summed E-state index contributed by atoms with van der Waals surface area (Å²) in [4.78, 5) is 0. The van der Waals surface area contributed by atoms with E-state index in [1.54, 1.807) is 0 Å². The average Bonchev–Trinajstić information content (AvgIpc) is 2.37. The third kappa shape index (κ3) is 2.70. The summed E-state index contributed by atoms with van der Waals surface area (Å²) in [5.74, 6) is 0. The van der Waals surface area contributed by atoms with Crippen LogP contribution in [-0.2, 0) is 12.5 Å². The Morgan fingerprint density at radius 1 is 1.11 bits per heavy atom. The first kappa shape index (κ1) is 10.2. The van der Waals surface area contributed by atoms with Crippen molar-refractivity contribution in [1.29, 1.82) is 0 Å². The molecule has 1 heterocycles. The van der Waals surface area contributed by atoms with Gasteiger partial charge in [-0.1, -0.05) is 39.0 Å². The van der Waals surface area contributed by atoms with Crippen molar-refractivity contribution in [1.82, 2.24) is 0 Å². The standard InChI is InChI=1S/C18H24N/c1-13-9-7-8-10-15(13)17-11-14(2)16(12-19(17)6)18(3,4)5/h7-12H,1-6H3/q+1/i2D3. The number of nitrogens with zero attached hydrogens (tertiary/aromatic N) is 1. The molecule has 0 unspecified atom stereocenters. The Kier molecular flexibility index (Phi) is 2.58. The van der Waals surface area contributed by atoms with Crippen molar-refractivity contribution in [3.05, 3.63) is 53.2 Å². The van der Waals surface area contributed by atoms with Gasteiger partial charge in [0.1, 0.15) is 7.05 Å². The third-order valence-corrected chi connectivity index (χ3v) is 3.50. The fourth-order valence-corrected chi connectivity index (χ4v) is 2.37. The van der Waals surface area contributed by atoms with Gasteiger partial charge in [-0.3, -0.25) is 0 Å².